The second kappa shape index (κ2) is 8.34. The molecule has 2 heterocycles. The van der Waals surface area contributed by atoms with Crippen LogP contribution < -0.4 is 10.2 Å². The fourth-order valence-electron chi connectivity index (χ4n) is 3.75. The van der Waals surface area contributed by atoms with Gasteiger partial charge in [-0.3, -0.25) is 14.4 Å². The van der Waals surface area contributed by atoms with Gasteiger partial charge in [0.1, 0.15) is 0 Å². The third kappa shape index (κ3) is 4.06. The van der Waals surface area contributed by atoms with Crippen molar-refractivity contribution in [3.8, 4) is 0 Å². The van der Waals surface area contributed by atoms with Crippen LogP contribution in [0.3, 0.4) is 0 Å². The van der Waals surface area contributed by atoms with Gasteiger partial charge in [0.2, 0.25) is 17.7 Å². The molecule has 3 rings (SSSR count). The predicted molar refractivity (Wildman–Crippen MR) is 99.7 cm³/mol. The average molecular weight is 357 g/mol. The molecule has 0 aliphatic carbocycles. The molecule has 6 heteroatoms. The van der Waals surface area contributed by atoms with Crippen LogP contribution in [0.4, 0.5) is 5.69 Å². The summed E-state index contributed by atoms with van der Waals surface area (Å²) in [5.41, 5.74) is 2.01. The minimum absolute atomic E-state index is 0.0146. The molecule has 2 aliphatic rings. The molecule has 26 heavy (non-hydrogen) atoms. The number of amides is 3. The number of hydrogen-bond donors (Lipinski definition) is 1. The predicted octanol–water partition coefficient (Wildman–Crippen LogP) is 1.73. The van der Waals surface area contributed by atoms with Gasteiger partial charge in [0.05, 0.1) is 5.92 Å². The Hall–Kier alpha value is -2.37. The number of rotatable bonds is 6. The zero-order chi connectivity index (χ0) is 18.5. The number of para-hydroxylation sites is 1. The van der Waals surface area contributed by atoms with Crippen molar-refractivity contribution in [3.05, 3.63) is 29.8 Å². The molecule has 0 aromatic heterocycles. The lowest BCUT2D eigenvalue weighted by Crippen LogP contribution is -2.36. The summed E-state index contributed by atoms with van der Waals surface area (Å²) in [4.78, 5) is 40.4. The molecule has 2 saturated heterocycles. The molecule has 1 aromatic rings. The summed E-state index contributed by atoms with van der Waals surface area (Å²) in [7, 11) is 0. The molecule has 1 aromatic carbocycles. The highest BCUT2D eigenvalue weighted by Gasteiger charge is 2.35. The fraction of sp³-hybridized carbons (Fsp3) is 0.550. The molecule has 2 fully saturated rings. The van der Waals surface area contributed by atoms with Crippen LogP contribution in [0.1, 0.15) is 38.2 Å². The summed E-state index contributed by atoms with van der Waals surface area (Å²) in [5, 5.41) is 2.83. The van der Waals surface area contributed by atoms with Crippen LogP contribution in [0.5, 0.6) is 0 Å². The summed E-state index contributed by atoms with van der Waals surface area (Å²) in [6.07, 6.45) is 3.53. The first-order valence-corrected chi connectivity index (χ1v) is 9.54. The normalized spacial score (nSPS) is 19.9. The van der Waals surface area contributed by atoms with Crippen LogP contribution in [-0.2, 0) is 20.8 Å². The maximum Gasteiger partial charge on any atom is 0.227 e. The van der Waals surface area contributed by atoms with Crippen LogP contribution in [-0.4, -0.2) is 48.8 Å². The zero-order valence-corrected chi connectivity index (χ0v) is 15.4. The van der Waals surface area contributed by atoms with Gasteiger partial charge in [-0.05, 0) is 30.9 Å². The minimum Gasteiger partial charge on any atom is -0.355 e. The minimum atomic E-state index is -0.352. The molecule has 0 bridgehead atoms. The van der Waals surface area contributed by atoms with E-state index >= 15 is 0 Å². The summed E-state index contributed by atoms with van der Waals surface area (Å²) < 4.78 is 0. The maximum atomic E-state index is 12.4. The quantitative estimate of drug-likeness (QED) is 0.843. The van der Waals surface area contributed by atoms with Crippen molar-refractivity contribution in [3.63, 3.8) is 0 Å². The first-order chi connectivity index (χ1) is 12.6. The van der Waals surface area contributed by atoms with E-state index in [1.807, 2.05) is 29.2 Å². The highest BCUT2D eigenvalue weighted by atomic mass is 16.2. The average Bonchev–Trinajstić information content (AvgIpc) is 3.31. The Kier molecular flexibility index (Phi) is 5.91. The van der Waals surface area contributed by atoms with Crippen LogP contribution >= 0.6 is 0 Å². The number of nitrogens with one attached hydrogen (secondary N) is 1. The van der Waals surface area contributed by atoms with Gasteiger partial charge in [0, 0.05) is 44.7 Å². The van der Waals surface area contributed by atoms with Crippen molar-refractivity contribution in [1.29, 1.82) is 0 Å². The van der Waals surface area contributed by atoms with Crippen LogP contribution in [0.15, 0.2) is 24.3 Å². The van der Waals surface area contributed by atoms with Crippen LogP contribution in [0.2, 0.25) is 0 Å². The third-order valence-corrected chi connectivity index (χ3v) is 5.26. The fourth-order valence-corrected chi connectivity index (χ4v) is 3.75. The number of benzene rings is 1. The van der Waals surface area contributed by atoms with E-state index in [9.17, 15) is 14.4 Å². The molecule has 3 amide bonds. The van der Waals surface area contributed by atoms with Gasteiger partial charge in [-0.2, -0.15) is 0 Å². The molecule has 1 unspecified atom stereocenters. The maximum absolute atomic E-state index is 12.4. The van der Waals surface area contributed by atoms with E-state index in [1.54, 1.807) is 4.90 Å². The number of likely N-dealkylation sites (tertiary alicyclic amines) is 1. The van der Waals surface area contributed by atoms with E-state index in [2.05, 4.69) is 12.2 Å². The third-order valence-electron chi connectivity index (χ3n) is 5.26. The molecule has 1 N–H and O–H groups in total. The molecule has 140 valence electrons. The van der Waals surface area contributed by atoms with Crippen molar-refractivity contribution in [1.82, 2.24) is 10.2 Å². The lowest BCUT2D eigenvalue weighted by molar-refractivity contribution is -0.130. The second-order valence-electron chi connectivity index (χ2n) is 7.02. The Bertz CT molecular complexity index is 683. The van der Waals surface area contributed by atoms with Gasteiger partial charge in [0.25, 0.3) is 0 Å². The molecular formula is C20H27N3O3. The Labute approximate surface area is 154 Å². The lowest BCUT2D eigenvalue weighted by Gasteiger charge is -2.20. The standard InChI is InChI=1S/C20H27N3O3/c1-2-15-7-3-4-8-17(15)23-14-16(13-19(23)25)20(26)21-10-9-18(24)22-11-5-6-12-22/h3-4,7-8,16H,2,5-6,9-14H2,1H3,(H,21,26). The van der Waals surface area contributed by atoms with E-state index in [0.29, 0.717) is 19.5 Å². The Morgan fingerprint density at radius 2 is 1.92 bits per heavy atom. The lowest BCUT2D eigenvalue weighted by atomic mass is 10.1. The van der Waals surface area contributed by atoms with Crippen molar-refractivity contribution >= 4 is 23.4 Å². The van der Waals surface area contributed by atoms with E-state index < -0.39 is 0 Å². The highest BCUT2D eigenvalue weighted by molar-refractivity contribution is 6.00. The van der Waals surface area contributed by atoms with Crippen molar-refractivity contribution in [2.24, 2.45) is 5.92 Å². The first kappa shape index (κ1) is 18.4. The van der Waals surface area contributed by atoms with Gasteiger partial charge in [-0.15, -0.1) is 0 Å². The number of nitrogens with zero attached hydrogens (tertiary/aromatic N) is 2. The van der Waals surface area contributed by atoms with Crippen molar-refractivity contribution < 1.29 is 14.4 Å². The van der Waals surface area contributed by atoms with Crippen molar-refractivity contribution in [2.45, 2.75) is 39.0 Å². The highest BCUT2D eigenvalue weighted by Crippen LogP contribution is 2.28. The Morgan fingerprint density at radius 1 is 1.19 bits per heavy atom. The SMILES string of the molecule is CCc1ccccc1N1CC(C(=O)NCCC(=O)N2CCCC2)CC1=O. The summed E-state index contributed by atoms with van der Waals surface area (Å²) in [6, 6.07) is 7.83. The molecule has 0 spiro atoms. The molecule has 0 saturated carbocycles. The topological polar surface area (TPSA) is 69.7 Å². The summed E-state index contributed by atoms with van der Waals surface area (Å²) >= 11 is 0. The van der Waals surface area contributed by atoms with E-state index in [0.717, 1.165) is 43.6 Å². The number of anilines is 1. The largest absolute Gasteiger partial charge is 0.355 e. The van der Waals surface area contributed by atoms with Gasteiger partial charge in [-0.25, -0.2) is 0 Å². The Balaban J connectivity index is 1.51. The van der Waals surface area contributed by atoms with Crippen LogP contribution in [0.25, 0.3) is 0 Å². The van der Waals surface area contributed by atoms with Gasteiger partial charge in [0.15, 0.2) is 0 Å². The smallest absolute Gasteiger partial charge is 0.227 e. The van der Waals surface area contributed by atoms with E-state index in [4.69, 9.17) is 0 Å². The number of hydrogen-bond acceptors (Lipinski definition) is 3. The summed E-state index contributed by atoms with van der Waals surface area (Å²) in [6.45, 7) is 4.46. The number of carbonyl (C=O) groups is 3. The van der Waals surface area contributed by atoms with Crippen molar-refractivity contribution in [2.75, 3.05) is 31.1 Å². The number of carbonyl (C=O) groups excluding carboxylic acids is 3. The molecule has 0 radical (unpaired) electrons. The molecular weight excluding hydrogens is 330 g/mol. The first-order valence-electron chi connectivity index (χ1n) is 9.54. The molecule has 2 aliphatic heterocycles. The second-order valence-corrected chi connectivity index (χ2v) is 7.02. The summed E-state index contributed by atoms with van der Waals surface area (Å²) in [5.74, 6) is -0.402. The van der Waals surface area contributed by atoms with E-state index in [-0.39, 0.29) is 30.1 Å². The molecule has 6 nitrogen and oxygen atoms in total. The van der Waals surface area contributed by atoms with Gasteiger partial charge in [-0.1, -0.05) is 25.1 Å². The monoisotopic (exact) mass is 357 g/mol. The van der Waals surface area contributed by atoms with E-state index in [1.165, 1.54) is 0 Å². The molecule has 1 atom stereocenters. The zero-order valence-electron chi connectivity index (χ0n) is 15.4. The number of aryl methyl sites for hydroxylation is 1. The van der Waals surface area contributed by atoms with Gasteiger partial charge < -0.3 is 15.1 Å². The van der Waals surface area contributed by atoms with Gasteiger partial charge >= 0.3 is 0 Å². The Morgan fingerprint density at radius 3 is 2.65 bits per heavy atom. The van der Waals surface area contributed by atoms with Crippen LogP contribution in [0, 0.1) is 5.92 Å².